The maximum Gasteiger partial charge on any atom is 0.251 e. The Morgan fingerprint density at radius 1 is 0.931 bits per heavy atom. The van der Waals surface area contributed by atoms with Crippen LogP contribution in [0.5, 0.6) is 0 Å². The van der Waals surface area contributed by atoms with Crippen LogP contribution in [0.2, 0.25) is 0 Å². The van der Waals surface area contributed by atoms with E-state index in [-0.39, 0.29) is 5.91 Å². The van der Waals surface area contributed by atoms with Crippen molar-refractivity contribution in [2.75, 3.05) is 6.54 Å². The fraction of sp³-hybridized carbons (Fsp3) is 0.130. The normalized spacial score (nSPS) is 11.0. The maximum absolute atomic E-state index is 12.4. The first kappa shape index (κ1) is 19.9. The number of fused-ring (bicyclic) bond motifs is 1. The number of para-hydroxylation sites is 2. The number of rotatable bonds is 6. The van der Waals surface area contributed by atoms with Gasteiger partial charge in [-0.25, -0.2) is 4.98 Å². The fourth-order valence-electron chi connectivity index (χ4n) is 3.33. The molecule has 1 heterocycles. The average molecular weight is 513 g/mol. The zero-order chi connectivity index (χ0) is 20.2. The molecule has 0 saturated heterocycles. The molecule has 0 aliphatic rings. The predicted octanol–water partition coefficient (Wildman–Crippen LogP) is 5.58. The Morgan fingerprint density at radius 3 is 2.48 bits per heavy atom. The molecular formula is C23H19Br2N3O. The minimum Gasteiger partial charge on any atom is -0.352 e. The van der Waals surface area contributed by atoms with Crippen molar-refractivity contribution in [2.45, 2.75) is 13.0 Å². The first-order valence-electron chi connectivity index (χ1n) is 9.32. The van der Waals surface area contributed by atoms with Gasteiger partial charge in [0.2, 0.25) is 0 Å². The summed E-state index contributed by atoms with van der Waals surface area (Å²) in [7, 11) is 0. The van der Waals surface area contributed by atoms with Gasteiger partial charge in [-0.1, -0.05) is 62.2 Å². The summed E-state index contributed by atoms with van der Waals surface area (Å²) in [6.07, 6.45) is 0.655. The number of hydrogen-bond acceptors (Lipinski definition) is 2. The Labute approximate surface area is 186 Å². The van der Waals surface area contributed by atoms with Crippen molar-refractivity contribution < 1.29 is 4.79 Å². The van der Waals surface area contributed by atoms with Gasteiger partial charge in [-0.05, 0) is 48.0 Å². The molecule has 0 bridgehead atoms. The van der Waals surface area contributed by atoms with Crippen molar-refractivity contribution >= 4 is 48.8 Å². The molecule has 1 amide bonds. The van der Waals surface area contributed by atoms with E-state index < -0.39 is 0 Å². The van der Waals surface area contributed by atoms with Gasteiger partial charge < -0.3 is 9.88 Å². The monoisotopic (exact) mass is 511 g/mol. The van der Waals surface area contributed by atoms with Crippen molar-refractivity contribution in [3.63, 3.8) is 0 Å². The van der Waals surface area contributed by atoms with Gasteiger partial charge in [0.05, 0.1) is 11.0 Å². The standard InChI is InChI=1S/C23H19Br2N3O/c24-18-7-3-5-16(13-18)15-28-21-10-2-1-9-20(21)27-22(28)11-12-26-23(29)17-6-4-8-19(25)14-17/h1-10,13-14H,11-12,15H2,(H,26,29). The number of carbonyl (C=O) groups excluding carboxylic acids is 1. The van der Waals surface area contributed by atoms with Gasteiger partial charge in [0.25, 0.3) is 5.91 Å². The van der Waals surface area contributed by atoms with Crippen LogP contribution in [-0.4, -0.2) is 22.0 Å². The highest BCUT2D eigenvalue weighted by atomic mass is 79.9. The smallest absolute Gasteiger partial charge is 0.251 e. The van der Waals surface area contributed by atoms with E-state index in [0.29, 0.717) is 18.5 Å². The molecule has 3 aromatic carbocycles. The third kappa shape index (κ3) is 4.77. The Morgan fingerprint density at radius 2 is 1.69 bits per heavy atom. The van der Waals surface area contributed by atoms with Crippen LogP contribution >= 0.6 is 31.9 Å². The molecule has 1 N–H and O–H groups in total. The number of halogens is 2. The predicted molar refractivity (Wildman–Crippen MR) is 123 cm³/mol. The third-order valence-corrected chi connectivity index (χ3v) is 5.67. The zero-order valence-corrected chi connectivity index (χ0v) is 18.8. The van der Waals surface area contributed by atoms with Gasteiger partial charge in [-0.3, -0.25) is 4.79 Å². The van der Waals surface area contributed by atoms with E-state index in [4.69, 9.17) is 4.98 Å². The number of aromatic nitrogens is 2. The van der Waals surface area contributed by atoms with Crippen LogP contribution < -0.4 is 5.32 Å². The molecule has 4 nitrogen and oxygen atoms in total. The van der Waals surface area contributed by atoms with Gasteiger partial charge in [0.1, 0.15) is 5.82 Å². The van der Waals surface area contributed by atoms with E-state index in [2.05, 4.69) is 59.9 Å². The number of nitrogens with one attached hydrogen (secondary N) is 1. The summed E-state index contributed by atoms with van der Waals surface area (Å²) >= 11 is 6.95. The number of nitrogens with zero attached hydrogens (tertiary/aromatic N) is 2. The van der Waals surface area contributed by atoms with Gasteiger partial charge in [-0.2, -0.15) is 0 Å². The van der Waals surface area contributed by atoms with E-state index in [1.54, 1.807) is 0 Å². The summed E-state index contributed by atoms with van der Waals surface area (Å²) in [5.41, 5.74) is 3.90. The van der Waals surface area contributed by atoms with Crippen molar-refractivity contribution in [3.8, 4) is 0 Å². The molecule has 0 atom stereocenters. The molecule has 146 valence electrons. The first-order chi connectivity index (χ1) is 14.1. The maximum atomic E-state index is 12.4. The number of hydrogen-bond donors (Lipinski definition) is 1. The van der Waals surface area contributed by atoms with E-state index in [1.165, 1.54) is 5.56 Å². The first-order valence-corrected chi connectivity index (χ1v) is 10.9. The Kier molecular flexibility index (Phi) is 6.11. The number of benzene rings is 3. The minimum atomic E-state index is -0.0825. The van der Waals surface area contributed by atoms with E-state index in [1.807, 2.05) is 54.6 Å². The number of imidazole rings is 1. The number of carbonyl (C=O) groups is 1. The van der Waals surface area contributed by atoms with Crippen molar-refractivity contribution in [1.29, 1.82) is 0 Å². The van der Waals surface area contributed by atoms with Crippen molar-refractivity contribution in [3.05, 3.63) is 98.7 Å². The van der Waals surface area contributed by atoms with E-state index >= 15 is 0 Å². The molecule has 6 heteroatoms. The fourth-order valence-corrected chi connectivity index (χ4v) is 4.18. The molecule has 0 aliphatic carbocycles. The summed E-state index contributed by atoms with van der Waals surface area (Å²) in [4.78, 5) is 17.2. The summed E-state index contributed by atoms with van der Waals surface area (Å²) in [6, 6.07) is 23.8. The second kappa shape index (κ2) is 8.93. The van der Waals surface area contributed by atoms with Gasteiger partial charge in [0.15, 0.2) is 0 Å². The Balaban J connectivity index is 1.53. The molecule has 29 heavy (non-hydrogen) atoms. The quantitative estimate of drug-likeness (QED) is 0.366. The lowest BCUT2D eigenvalue weighted by molar-refractivity contribution is 0.0954. The largest absolute Gasteiger partial charge is 0.352 e. The lowest BCUT2D eigenvalue weighted by atomic mass is 10.2. The minimum absolute atomic E-state index is 0.0825. The van der Waals surface area contributed by atoms with Crippen molar-refractivity contribution in [1.82, 2.24) is 14.9 Å². The summed E-state index contributed by atoms with van der Waals surface area (Å²) in [6.45, 7) is 1.25. The van der Waals surface area contributed by atoms with Crippen LogP contribution in [0.15, 0.2) is 81.7 Å². The van der Waals surface area contributed by atoms with Crippen LogP contribution in [0.25, 0.3) is 11.0 Å². The SMILES string of the molecule is O=C(NCCc1nc2ccccc2n1Cc1cccc(Br)c1)c1cccc(Br)c1. The highest BCUT2D eigenvalue weighted by molar-refractivity contribution is 9.10. The molecule has 4 aromatic rings. The third-order valence-electron chi connectivity index (χ3n) is 4.68. The zero-order valence-electron chi connectivity index (χ0n) is 15.6. The summed E-state index contributed by atoms with van der Waals surface area (Å²) in [5.74, 6) is 0.877. The van der Waals surface area contributed by atoms with Crippen LogP contribution in [0.4, 0.5) is 0 Å². The second-order valence-corrected chi connectivity index (χ2v) is 8.58. The average Bonchev–Trinajstić information content (AvgIpc) is 3.05. The van der Waals surface area contributed by atoms with E-state index in [9.17, 15) is 4.79 Å². The lowest BCUT2D eigenvalue weighted by Crippen LogP contribution is -2.26. The van der Waals surface area contributed by atoms with Crippen molar-refractivity contribution in [2.24, 2.45) is 0 Å². The highest BCUT2D eigenvalue weighted by Crippen LogP contribution is 2.20. The van der Waals surface area contributed by atoms with E-state index in [0.717, 1.165) is 32.3 Å². The van der Waals surface area contributed by atoms with Crippen LogP contribution in [0, 0.1) is 0 Å². The highest BCUT2D eigenvalue weighted by Gasteiger charge is 2.12. The van der Waals surface area contributed by atoms with Crippen LogP contribution in [0.1, 0.15) is 21.7 Å². The molecule has 0 aliphatic heterocycles. The van der Waals surface area contributed by atoms with Crippen LogP contribution in [0.3, 0.4) is 0 Å². The van der Waals surface area contributed by atoms with Gasteiger partial charge in [0, 0.05) is 34.0 Å². The van der Waals surface area contributed by atoms with Gasteiger partial charge in [-0.15, -0.1) is 0 Å². The molecular weight excluding hydrogens is 494 g/mol. The molecule has 0 radical (unpaired) electrons. The summed E-state index contributed by atoms with van der Waals surface area (Å²) < 4.78 is 4.17. The molecule has 4 rings (SSSR count). The molecule has 0 spiro atoms. The molecule has 0 fully saturated rings. The van der Waals surface area contributed by atoms with Gasteiger partial charge >= 0.3 is 0 Å². The Hall–Kier alpha value is -2.44. The molecule has 0 saturated carbocycles. The number of amides is 1. The second-order valence-electron chi connectivity index (χ2n) is 6.75. The Bertz CT molecular complexity index is 1170. The molecule has 0 unspecified atom stereocenters. The summed E-state index contributed by atoms with van der Waals surface area (Å²) in [5, 5.41) is 3.00. The molecule has 1 aromatic heterocycles. The topological polar surface area (TPSA) is 46.9 Å². The van der Waals surface area contributed by atoms with Crippen LogP contribution in [-0.2, 0) is 13.0 Å². The lowest BCUT2D eigenvalue weighted by Gasteiger charge is -2.11.